The molecule has 2 aromatic carbocycles. The molecule has 0 unspecified atom stereocenters. The number of carbonyl (C=O) groups excluding carboxylic acids is 3. The van der Waals surface area contributed by atoms with Crippen molar-refractivity contribution in [2.75, 3.05) is 19.0 Å². The van der Waals surface area contributed by atoms with Crippen molar-refractivity contribution < 1.29 is 19.1 Å². The highest BCUT2D eigenvalue weighted by Crippen LogP contribution is 2.27. The van der Waals surface area contributed by atoms with E-state index in [0.29, 0.717) is 16.5 Å². The second-order valence-corrected chi connectivity index (χ2v) is 5.66. The Kier molecular flexibility index (Phi) is 6.99. The number of hydrogen-bond donors (Lipinski definition) is 3. The zero-order chi connectivity index (χ0) is 18.9. The Bertz CT molecular complexity index is 796. The molecule has 0 aliphatic carbocycles. The Labute approximate surface area is 155 Å². The SMILES string of the molecule is COc1ccc(NC(=O)CNC(=O)C(=O)NCc2ccccc2)cc1Cl. The van der Waals surface area contributed by atoms with Crippen LogP contribution >= 0.6 is 11.6 Å². The molecule has 0 saturated carbocycles. The molecule has 3 N–H and O–H groups in total. The molecule has 0 aromatic heterocycles. The van der Waals surface area contributed by atoms with Crippen molar-refractivity contribution in [1.29, 1.82) is 0 Å². The van der Waals surface area contributed by atoms with Gasteiger partial charge < -0.3 is 20.7 Å². The number of hydrogen-bond acceptors (Lipinski definition) is 4. The van der Waals surface area contributed by atoms with Gasteiger partial charge >= 0.3 is 11.8 Å². The summed E-state index contributed by atoms with van der Waals surface area (Å²) in [6.45, 7) is -0.120. The van der Waals surface area contributed by atoms with Gasteiger partial charge in [-0.1, -0.05) is 41.9 Å². The second kappa shape index (κ2) is 9.43. The standard InChI is InChI=1S/C18H18ClN3O4/c1-26-15-8-7-13(9-14(15)19)22-16(23)11-21-18(25)17(24)20-10-12-5-3-2-4-6-12/h2-9H,10-11H2,1H3,(H,20,24)(H,21,25)(H,22,23). The summed E-state index contributed by atoms with van der Waals surface area (Å²) in [7, 11) is 1.48. The van der Waals surface area contributed by atoms with Crippen LogP contribution in [0.15, 0.2) is 48.5 Å². The Morgan fingerprint density at radius 1 is 1.00 bits per heavy atom. The van der Waals surface area contributed by atoms with Gasteiger partial charge in [0.15, 0.2) is 0 Å². The van der Waals surface area contributed by atoms with E-state index in [2.05, 4.69) is 16.0 Å². The summed E-state index contributed by atoms with van der Waals surface area (Å²) in [6, 6.07) is 13.9. The van der Waals surface area contributed by atoms with Crippen molar-refractivity contribution in [1.82, 2.24) is 10.6 Å². The number of ether oxygens (including phenoxy) is 1. The molecule has 8 heteroatoms. The number of rotatable bonds is 6. The predicted molar refractivity (Wildman–Crippen MR) is 97.9 cm³/mol. The number of anilines is 1. The van der Waals surface area contributed by atoms with Gasteiger partial charge in [-0.25, -0.2) is 0 Å². The zero-order valence-corrected chi connectivity index (χ0v) is 14.8. The Hall–Kier alpha value is -3.06. The van der Waals surface area contributed by atoms with Crippen LogP contribution in [0.1, 0.15) is 5.56 Å². The fraction of sp³-hybridized carbons (Fsp3) is 0.167. The van der Waals surface area contributed by atoms with E-state index >= 15 is 0 Å². The smallest absolute Gasteiger partial charge is 0.309 e. The molecular weight excluding hydrogens is 358 g/mol. The van der Waals surface area contributed by atoms with Crippen LogP contribution in [0.4, 0.5) is 5.69 Å². The fourth-order valence-electron chi connectivity index (χ4n) is 2.05. The lowest BCUT2D eigenvalue weighted by Gasteiger charge is -2.09. The van der Waals surface area contributed by atoms with E-state index in [1.54, 1.807) is 12.1 Å². The molecule has 0 saturated heterocycles. The number of nitrogens with one attached hydrogen (secondary N) is 3. The Morgan fingerprint density at radius 2 is 1.69 bits per heavy atom. The van der Waals surface area contributed by atoms with E-state index < -0.39 is 17.7 Å². The van der Waals surface area contributed by atoms with Crippen LogP contribution in [0.25, 0.3) is 0 Å². The topological polar surface area (TPSA) is 96.5 Å². The van der Waals surface area contributed by atoms with E-state index in [4.69, 9.17) is 16.3 Å². The average Bonchev–Trinajstić information content (AvgIpc) is 2.65. The third-order valence-electron chi connectivity index (χ3n) is 3.35. The van der Waals surface area contributed by atoms with E-state index in [-0.39, 0.29) is 13.1 Å². The summed E-state index contributed by atoms with van der Waals surface area (Å²) in [6.07, 6.45) is 0. The zero-order valence-electron chi connectivity index (χ0n) is 14.0. The molecule has 0 fully saturated rings. The largest absolute Gasteiger partial charge is 0.495 e. The maximum Gasteiger partial charge on any atom is 0.309 e. The van der Waals surface area contributed by atoms with Gasteiger partial charge in [0.05, 0.1) is 18.7 Å². The molecule has 2 aromatic rings. The van der Waals surface area contributed by atoms with Crippen LogP contribution in [-0.2, 0) is 20.9 Å². The quantitative estimate of drug-likeness (QED) is 0.670. The van der Waals surface area contributed by atoms with Crippen molar-refractivity contribution in [2.24, 2.45) is 0 Å². The highest BCUT2D eigenvalue weighted by atomic mass is 35.5. The highest BCUT2D eigenvalue weighted by Gasteiger charge is 2.14. The molecule has 0 spiro atoms. The summed E-state index contributed by atoms with van der Waals surface area (Å²) in [5.41, 5.74) is 1.31. The molecule has 0 aliphatic rings. The predicted octanol–water partition coefficient (Wildman–Crippen LogP) is 1.72. The summed E-state index contributed by atoms with van der Waals surface area (Å²) in [4.78, 5) is 35.3. The molecule has 0 aliphatic heterocycles. The lowest BCUT2D eigenvalue weighted by molar-refractivity contribution is -0.139. The van der Waals surface area contributed by atoms with Crippen LogP contribution in [0.2, 0.25) is 5.02 Å². The first-order chi connectivity index (χ1) is 12.5. The van der Waals surface area contributed by atoms with Gasteiger partial charge in [0, 0.05) is 12.2 Å². The number of amides is 3. The van der Waals surface area contributed by atoms with Gasteiger partial charge in [-0.2, -0.15) is 0 Å². The van der Waals surface area contributed by atoms with E-state index in [1.807, 2.05) is 30.3 Å². The van der Waals surface area contributed by atoms with E-state index in [9.17, 15) is 14.4 Å². The molecule has 136 valence electrons. The maximum atomic E-state index is 11.9. The van der Waals surface area contributed by atoms with Crippen molar-refractivity contribution in [3.63, 3.8) is 0 Å². The first-order valence-electron chi connectivity index (χ1n) is 7.73. The number of carbonyl (C=O) groups is 3. The number of benzene rings is 2. The Balaban J connectivity index is 1.76. The van der Waals surface area contributed by atoms with Gasteiger partial charge in [-0.15, -0.1) is 0 Å². The Morgan fingerprint density at radius 3 is 2.35 bits per heavy atom. The van der Waals surface area contributed by atoms with Crippen molar-refractivity contribution >= 4 is 35.0 Å². The third kappa shape index (κ3) is 5.78. The first kappa shape index (κ1) is 19.3. The van der Waals surface area contributed by atoms with Crippen LogP contribution < -0.4 is 20.7 Å². The molecule has 0 bridgehead atoms. The van der Waals surface area contributed by atoms with Crippen molar-refractivity contribution in [3.05, 3.63) is 59.1 Å². The van der Waals surface area contributed by atoms with Gasteiger partial charge in [0.25, 0.3) is 0 Å². The molecule has 0 radical (unpaired) electrons. The first-order valence-corrected chi connectivity index (χ1v) is 8.10. The van der Waals surface area contributed by atoms with Crippen LogP contribution in [0.5, 0.6) is 5.75 Å². The fourth-order valence-corrected chi connectivity index (χ4v) is 2.31. The monoisotopic (exact) mass is 375 g/mol. The van der Waals surface area contributed by atoms with Gasteiger partial charge in [-0.05, 0) is 23.8 Å². The molecule has 7 nitrogen and oxygen atoms in total. The molecule has 26 heavy (non-hydrogen) atoms. The molecule has 3 amide bonds. The minimum atomic E-state index is -0.885. The summed E-state index contributed by atoms with van der Waals surface area (Å²) in [5, 5.41) is 7.64. The van der Waals surface area contributed by atoms with Crippen molar-refractivity contribution in [3.8, 4) is 5.75 Å². The van der Waals surface area contributed by atoms with Crippen LogP contribution in [0, 0.1) is 0 Å². The average molecular weight is 376 g/mol. The van der Waals surface area contributed by atoms with E-state index in [1.165, 1.54) is 13.2 Å². The van der Waals surface area contributed by atoms with Gasteiger partial charge in [-0.3, -0.25) is 14.4 Å². The normalized spacial score (nSPS) is 9.92. The minimum Gasteiger partial charge on any atom is -0.495 e. The summed E-state index contributed by atoms with van der Waals surface area (Å²) < 4.78 is 5.02. The van der Waals surface area contributed by atoms with Crippen LogP contribution in [0.3, 0.4) is 0 Å². The number of methoxy groups -OCH3 is 1. The second-order valence-electron chi connectivity index (χ2n) is 5.25. The summed E-state index contributed by atoms with van der Waals surface area (Å²) in [5.74, 6) is -1.71. The van der Waals surface area contributed by atoms with Gasteiger partial charge in [0.2, 0.25) is 5.91 Å². The number of halogens is 1. The lowest BCUT2D eigenvalue weighted by atomic mass is 10.2. The highest BCUT2D eigenvalue weighted by molar-refractivity contribution is 6.35. The third-order valence-corrected chi connectivity index (χ3v) is 3.64. The maximum absolute atomic E-state index is 11.9. The van der Waals surface area contributed by atoms with Crippen molar-refractivity contribution in [2.45, 2.75) is 6.54 Å². The van der Waals surface area contributed by atoms with E-state index in [0.717, 1.165) is 5.56 Å². The minimum absolute atomic E-state index is 0.226. The molecule has 0 atom stereocenters. The lowest BCUT2D eigenvalue weighted by Crippen LogP contribution is -2.42. The van der Waals surface area contributed by atoms with Gasteiger partial charge in [0.1, 0.15) is 5.75 Å². The summed E-state index contributed by atoms with van der Waals surface area (Å²) >= 11 is 5.97. The molecule has 0 heterocycles. The molecular formula is C18H18ClN3O4. The van der Waals surface area contributed by atoms with Crippen LogP contribution in [-0.4, -0.2) is 31.4 Å². The molecule has 2 rings (SSSR count).